The molecular formula is C16H27N3. The summed E-state index contributed by atoms with van der Waals surface area (Å²) in [5, 5.41) is 3.24. The van der Waals surface area contributed by atoms with Crippen LogP contribution in [0.15, 0.2) is 12.3 Å². The quantitative estimate of drug-likeness (QED) is 0.906. The smallest absolute Gasteiger partial charge is 0.0445 e. The van der Waals surface area contributed by atoms with Crippen molar-refractivity contribution in [1.29, 1.82) is 0 Å². The van der Waals surface area contributed by atoms with E-state index in [9.17, 15) is 0 Å². The maximum absolute atomic E-state index is 4.43. The fraction of sp³-hybridized carbons (Fsp3) is 0.688. The van der Waals surface area contributed by atoms with Crippen molar-refractivity contribution in [2.45, 2.75) is 40.7 Å². The summed E-state index contributed by atoms with van der Waals surface area (Å²) >= 11 is 0. The Morgan fingerprint density at radius 1 is 1.42 bits per heavy atom. The fourth-order valence-electron chi connectivity index (χ4n) is 2.88. The molecule has 1 N–H and O–H groups in total. The molecule has 106 valence electrons. The number of rotatable bonds is 3. The van der Waals surface area contributed by atoms with Crippen molar-refractivity contribution in [3.05, 3.63) is 23.5 Å². The van der Waals surface area contributed by atoms with Crippen LogP contribution in [0, 0.1) is 18.3 Å². The van der Waals surface area contributed by atoms with E-state index in [2.05, 4.69) is 49.0 Å². The molecule has 1 saturated heterocycles. The van der Waals surface area contributed by atoms with Gasteiger partial charge >= 0.3 is 0 Å². The number of nitrogens with zero attached hydrogens (tertiary/aromatic N) is 2. The summed E-state index contributed by atoms with van der Waals surface area (Å²) in [6.45, 7) is 12.4. The first-order valence-corrected chi connectivity index (χ1v) is 7.27. The topological polar surface area (TPSA) is 28.2 Å². The summed E-state index contributed by atoms with van der Waals surface area (Å²) in [6.07, 6.45) is 3.31. The number of hydrogen-bond acceptors (Lipinski definition) is 3. The van der Waals surface area contributed by atoms with Crippen molar-refractivity contribution in [1.82, 2.24) is 10.3 Å². The normalized spacial score (nSPS) is 20.1. The predicted octanol–water partition coefficient (Wildman–Crippen LogP) is 2.98. The standard InChI is InChI=1S/C16H27N3/c1-12-8-15(13(9-17-5)10-18-12)19-7-6-14(11-19)16(2,3)4/h8,10,14,17H,6-7,9,11H2,1-5H3. The zero-order valence-corrected chi connectivity index (χ0v) is 13.0. The lowest BCUT2D eigenvalue weighted by atomic mass is 9.80. The molecule has 2 rings (SSSR count). The van der Waals surface area contributed by atoms with Crippen LogP contribution >= 0.6 is 0 Å². The van der Waals surface area contributed by atoms with Gasteiger partial charge in [-0.25, -0.2) is 0 Å². The molecule has 1 aromatic rings. The second kappa shape index (κ2) is 5.49. The van der Waals surface area contributed by atoms with Gasteiger partial charge in [0, 0.05) is 42.8 Å². The third-order valence-electron chi connectivity index (χ3n) is 4.22. The lowest BCUT2D eigenvalue weighted by molar-refractivity contribution is 0.263. The van der Waals surface area contributed by atoms with Gasteiger partial charge in [0.15, 0.2) is 0 Å². The summed E-state index contributed by atoms with van der Waals surface area (Å²) in [6, 6.07) is 2.23. The Hall–Kier alpha value is -1.09. The first kappa shape index (κ1) is 14.3. The minimum atomic E-state index is 0.403. The Kier molecular flexibility index (Phi) is 4.14. The second-order valence-corrected chi connectivity index (χ2v) is 6.78. The Balaban J connectivity index is 2.21. The average Bonchev–Trinajstić information content (AvgIpc) is 2.80. The van der Waals surface area contributed by atoms with E-state index in [1.807, 2.05) is 13.2 Å². The maximum Gasteiger partial charge on any atom is 0.0445 e. The summed E-state index contributed by atoms with van der Waals surface area (Å²) in [7, 11) is 1.99. The van der Waals surface area contributed by atoms with Gasteiger partial charge in [0.2, 0.25) is 0 Å². The zero-order chi connectivity index (χ0) is 14.0. The van der Waals surface area contributed by atoms with Crippen LogP contribution in [-0.2, 0) is 6.54 Å². The van der Waals surface area contributed by atoms with Gasteiger partial charge in [0.25, 0.3) is 0 Å². The Labute approximate surface area is 117 Å². The average molecular weight is 261 g/mol. The monoisotopic (exact) mass is 261 g/mol. The number of pyridine rings is 1. The number of anilines is 1. The number of nitrogens with one attached hydrogen (secondary N) is 1. The van der Waals surface area contributed by atoms with E-state index in [0.717, 1.165) is 18.2 Å². The molecule has 3 heteroatoms. The van der Waals surface area contributed by atoms with E-state index in [0.29, 0.717) is 5.41 Å². The van der Waals surface area contributed by atoms with E-state index in [4.69, 9.17) is 0 Å². The minimum Gasteiger partial charge on any atom is -0.371 e. The van der Waals surface area contributed by atoms with Crippen LogP contribution < -0.4 is 10.2 Å². The van der Waals surface area contributed by atoms with Crippen molar-refractivity contribution >= 4 is 5.69 Å². The molecule has 19 heavy (non-hydrogen) atoms. The molecule has 1 aliphatic heterocycles. The van der Waals surface area contributed by atoms with Gasteiger partial charge in [-0.05, 0) is 37.8 Å². The van der Waals surface area contributed by atoms with E-state index in [1.54, 1.807) is 0 Å². The zero-order valence-electron chi connectivity index (χ0n) is 13.0. The van der Waals surface area contributed by atoms with Crippen molar-refractivity contribution in [2.24, 2.45) is 11.3 Å². The number of aromatic nitrogens is 1. The van der Waals surface area contributed by atoms with Crippen LogP contribution in [0.3, 0.4) is 0 Å². The van der Waals surface area contributed by atoms with Crippen molar-refractivity contribution in [3.8, 4) is 0 Å². The highest BCUT2D eigenvalue weighted by Gasteiger charge is 2.32. The van der Waals surface area contributed by atoms with Crippen LogP contribution in [0.2, 0.25) is 0 Å². The number of hydrogen-bond donors (Lipinski definition) is 1. The maximum atomic E-state index is 4.43. The van der Waals surface area contributed by atoms with Crippen LogP contribution in [0.4, 0.5) is 5.69 Å². The third kappa shape index (κ3) is 3.27. The molecule has 1 atom stereocenters. The van der Waals surface area contributed by atoms with Crippen molar-refractivity contribution < 1.29 is 0 Å². The highest BCUT2D eigenvalue weighted by molar-refractivity contribution is 5.54. The highest BCUT2D eigenvalue weighted by atomic mass is 15.2. The molecule has 0 saturated carbocycles. The molecule has 0 amide bonds. The summed E-state index contributed by atoms with van der Waals surface area (Å²) in [5.74, 6) is 0.781. The summed E-state index contributed by atoms with van der Waals surface area (Å²) in [5.41, 5.74) is 4.19. The lowest BCUT2D eigenvalue weighted by Crippen LogP contribution is -2.27. The molecule has 0 spiro atoms. The Bertz CT molecular complexity index is 434. The highest BCUT2D eigenvalue weighted by Crippen LogP contribution is 2.36. The molecule has 0 bridgehead atoms. The van der Waals surface area contributed by atoms with Crippen LogP contribution in [0.25, 0.3) is 0 Å². The van der Waals surface area contributed by atoms with Gasteiger partial charge in [0.1, 0.15) is 0 Å². The molecule has 2 heterocycles. The van der Waals surface area contributed by atoms with Crippen molar-refractivity contribution in [3.63, 3.8) is 0 Å². The van der Waals surface area contributed by atoms with Gasteiger partial charge in [-0.15, -0.1) is 0 Å². The minimum absolute atomic E-state index is 0.403. The molecule has 0 aromatic carbocycles. The lowest BCUT2D eigenvalue weighted by Gasteiger charge is -2.28. The fourth-order valence-corrected chi connectivity index (χ4v) is 2.88. The molecular weight excluding hydrogens is 234 g/mol. The molecule has 1 aliphatic rings. The van der Waals surface area contributed by atoms with Gasteiger partial charge in [-0.2, -0.15) is 0 Å². The largest absolute Gasteiger partial charge is 0.371 e. The number of aryl methyl sites for hydroxylation is 1. The van der Waals surface area contributed by atoms with Crippen molar-refractivity contribution in [2.75, 3.05) is 25.0 Å². The molecule has 1 fully saturated rings. The van der Waals surface area contributed by atoms with Crippen LogP contribution in [-0.4, -0.2) is 25.1 Å². The van der Waals surface area contributed by atoms with E-state index in [1.165, 1.54) is 30.8 Å². The van der Waals surface area contributed by atoms with Gasteiger partial charge < -0.3 is 10.2 Å². The van der Waals surface area contributed by atoms with Crippen LogP contribution in [0.1, 0.15) is 38.4 Å². The summed E-state index contributed by atoms with van der Waals surface area (Å²) < 4.78 is 0. The third-order valence-corrected chi connectivity index (χ3v) is 4.22. The molecule has 0 aliphatic carbocycles. The first-order valence-electron chi connectivity index (χ1n) is 7.27. The molecule has 3 nitrogen and oxygen atoms in total. The van der Waals surface area contributed by atoms with Gasteiger partial charge in [0.05, 0.1) is 0 Å². The van der Waals surface area contributed by atoms with E-state index >= 15 is 0 Å². The molecule has 1 aromatic heterocycles. The Morgan fingerprint density at radius 3 is 2.74 bits per heavy atom. The first-order chi connectivity index (χ1) is 8.91. The van der Waals surface area contributed by atoms with E-state index < -0.39 is 0 Å². The summed E-state index contributed by atoms with van der Waals surface area (Å²) in [4.78, 5) is 6.97. The van der Waals surface area contributed by atoms with Gasteiger partial charge in [-0.1, -0.05) is 20.8 Å². The van der Waals surface area contributed by atoms with Gasteiger partial charge in [-0.3, -0.25) is 4.98 Å². The SMILES string of the molecule is CNCc1cnc(C)cc1N1CCC(C(C)(C)C)C1. The Morgan fingerprint density at radius 2 is 2.16 bits per heavy atom. The predicted molar refractivity (Wildman–Crippen MR) is 81.5 cm³/mol. The van der Waals surface area contributed by atoms with Crippen LogP contribution in [0.5, 0.6) is 0 Å². The second-order valence-electron chi connectivity index (χ2n) is 6.78. The molecule has 0 radical (unpaired) electrons. The molecule has 1 unspecified atom stereocenters. The van der Waals surface area contributed by atoms with E-state index in [-0.39, 0.29) is 0 Å².